The van der Waals surface area contributed by atoms with Gasteiger partial charge in [-0.2, -0.15) is 0 Å². The van der Waals surface area contributed by atoms with Crippen LogP contribution >= 0.6 is 15.9 Å². The van der Waals surface area contributed by atoms with E-state index in [0.717, 1.165) is 4.47 Å². The fourth-order valence-corrected chi connectivity index (χ4v) is 1.74. The largest absolute Gasteiger partial charge is 0.481 e. The van der Waals surface area contributed by atoms with Gasteiger partial charge in [0.15, 0.2) is 5.76 Å². The van der Waals surface area contributed by atoms with E-state index in [4.69, 9.17) is 9.15 Å². The fourth-order valence-electron chi connectivity index (χ4n) is 1.33. The first-order chi connectivity index (χ1) is 7.72. The van der Waals surface area contributed by atoms with Gasteiger partial charge in [-0.15, -0.1) is 0 Å². The van der Waals surface area contributed by atoms with Gasteiger partial charge < -0.3 is 14.3 Å². The van der Waals surface area contributed by atoms with E-state index in [1.807, 2.05) is 0 Å². The van der Waals surface area contributed by atoms with Crippen molar-refractivity contribution in [1.82, 2.24) is 4.98 Å². The van der Waals surface area contributed by atoms with E-state index in [-0.39, 0.29) is 0 Å². The Labute approximate surface area is 101 Å². The smallest absolute Gasteiger partial charge is 0.212 e. The molecule has 0 spiro atoms. The zero-order valence-electron chi connectivity index (χ0n) is 8.55. The second kappa shape index (κ2) is 4.67. The summed E-state index contributed by atoms with van der Waals surface area (Å²) >= 11 is 3.29. The first kappa shape index (κ1) is 11.2. The number of pyridine rings is 1. The maximum absolute atomic E-state index is 10.0. The molecule has 0 aromatic carbocycles. The number of hydrogen-bond acceptors (Lipinski definition) is 4. The molecule has 0 aliphatic rings. The molecule has 0 aliphatic carbocycles. The van der Waals surface area contributed by atoms with Crippen molar-refractivity contribution in [2.45, 2.75) is 6.10 Å². The molecule has 0 saturated heterocycles. The SMILES string of the molecule is COc1ccc(C(O)c2occc2Br)cn1. The van der Waals surface area contributed by atoms with Crippen LogP contribution in [0.15, 0.2) is 39.5 Å². The third-order valence-corrected chi connectivity index (χ3v) is 2.83. The van der Waals surface area contributed by atoms with Gasteiger partial charge in [0.05, 0.1) is 17.8 Å². The average molecular weight is 284 g/mol. The van der Waals surface area contributed by atoms with Crippen LogP contribution in [0.1, 0.15) is 17.4 Å². The summed E-state index contributed by atoms with van der Waals surface area (Å²) in [5, 5.41) is 10.0. The van der Waals surface area contributed by atoms with Crippen LogP contribution in [-0.2, 0) is 0 Å². The quantitative estimate of drug-likeness (QED) is 0.941. The van der Waals surface area contributed by atoms with Gasteiger partial charge in [0, 0.05) is 17.8 Å². The maximum atomic E-state index is 10.0. The van der Waals surface area contributed by atoms with E-state index >= 15 is 0 Å². The molecule has 4 nitrogen and oxygen atoms in total. The third kappa shape index (κ3) is 2.10. The summed E-state index contributed by atoms with van der Waals surface area (Å²) in [6, 6.07) is 5.16. The molecule has 2 rings (SSSR count). The molecule has 0 fully saturated rings. The van der Waals surface area contributed by atoms with Gasteiger partial charge in [0.1, 0.15) is 6.10 Å². The summed E-state index contributed by atoms with van der Waals surface area (Å²) in [4.78, 5) is 4.02. The van der Waals surface area contributed by atoms with Crippen LogP contribution in [0.2, 0.25) is 0 Å². The zero-order chi connectivity index (χ0) is 11.5. The highest BCUT2D eigenvalue weighted by atomic mass is 79.9. The van der Waals surface area contributed by atoms with Gasteiger partial charge in [-0.25, -0.2) is 4.98 Å². The number of rotatable bonds is 3. The molecule has 0 radical (unpaired) electrons. The van der Waals surface area contributed by atoms with Crippen molar-refractivity contribution < 1.29 is 14.3 Å². The van der Waals surface area contributed by atoms with Gasteiger partial charge in [-0.3, -0.25) is 0 Å². The van der Waals surface area contributed by atoms with E-state index in [0.29, 0.717) is 17.2 Å². The molecule has 0 amide bonds. The van der Waals surface area contributed by atoms with Crippen LogP contribution < -0.4 is 4.74 Å². The Morgan fingerprint density at radius 3 is 2.75 bits per heavy atom. The zero-order valence-corrected chi connectivity index (χ0v) is 10.1. The minimum absolute atomic E-state index is 0.465. The molecule has 84 valence electrons. The highest BCUT2D eigenvalue weighted by Gasteiger charge is 2.17. The summed E-state index contributed by atoms with van der Waals surface area (Å²) < 4.78 is 10.9. The van der Waals surface area contributed by atoms with Crippen molar-refractivity contribution in [3.8, 4) is 5.88 Å². The van der Waals surface area contributed by atoms with Crippen molar-refractivity contribution in [2.75, 3.05) is 7.11 Å². The normalized spacial score (nSPS) is 12.4. The topological polar surface area (TPSA) is 55.5 Å². The summed E-state index contributed by atoms with van der Waals surface area (Å²) in [5.41, 5.74) is 0.649. The van der Waals surface area contributed by atoms with Crippen molar-refractivity contribution in [3.05, 3.63) is 46.5 Å². The van der Waals surface area contributed by atoms with Crippen molar-refractivity contribution in [3.63, 3.8) is 0 Å². The van der Waals surface area contributed by atoms with Crippen molar-refractivity contribution >= 4 is 15.9 Å². The predicted molar refractivity (Wildman–Crippen MR) is 61.3 cm³/mol. The molecule has 2 aromatic heterocycles. The first-order valence-corrected chi connectivity index (χ1v) is 5.42. The summed E-state index contributed by atoms with van der Waals surface area (Å²) in [6.07, 6.45) is 2.24. The lowest BCUT2D eigenvalue weighted by atomic mass is 10.1. The first-order valence-electron chi connectivity index (χ1n) is 4.63. The summed E-state index contributed by atoms with van der Waals surface area (Å²) in [7, 11) is 1.54. The van der Waals surface area contributed by atoms with E-state index in [9.17, 15) is 5.11 Å². The standard InChI is InChI=1S/C11H10BrNO3/c1-15-9-3-2-7(6-13-9)10(14)11-8(12)4-5-16-11/h2-6,10,14H,1H3. The average Bonchev–Trinajstić information content (AvgIpc) is 2.75. The third-order valence-electron chi connectivity index (χ3n) is 2.18. The number of ether oxygens (including phenoxy) is 1. The number of halogens is 1. The van der Waals surface area contributed by atoms with Crippen LogP contribution in [0.25, 0.3) is 0 Å². The lowest BCUT2D eigenvalue weighted by Crippen LogP contribution is -2.00. The minimum atomic E-state index is -0.831. The van der Waals surface area contributed by atoms with E-state index < -0.39 is 6.10 Å². The van der Waals surface area contributed by atoms with Crippen molar-refractivity contribution in [1.29, 1.82) is 0 Å². The lowest BCUT2D eigenvalue weighted by Gasteiger charge is -2.08. The number of methoxy groups -OCH3 is 1. The molecule has 1 unspecified atom stereocenters. The summed E-state index contributed by atoms with van der Waals surface area (Å²) in [5.74, 6) is 0.974. The molecule has 2 aromatic rings. The number of nitrogens with zero attached hydrogens (tertiary/aromatic N) is 1. The maximum Gasteiger partial charge on any atom is 0.212 e. The predicted octanol–water partition coefficient (Wildman–Crippen LogP) is 2.53. The number of aliphatic hydroxyl groups excluding tert-OH is 1. The molecular formula is C11H10BrNO3. The number of furan rings is 1. The highest BCUT2D eigenvalue weighted by molar-refractivity contribution is 9.10. The number of aromatic nitrogens is 1. The van der Waals surface area contributed by atoms with E-state index in [2.05, 4.69) is 20.9 Å². The Morgan fingerprint density at radius 2 is 2.25 bits per heavy atom. The molecule has 0 bridgehead atoms. The number of hydrogen-bond donors (Lipinski definition) is 1. The molecule has 1 N–H and O–H groups in total. The van der Waals surface area contributed by atoms with Gasteiger partial charge in [0.25, 0.3) is 0 Å². The Balaban J connectivity index is 2.27. The molecule has 16 heavy (non-hydrogen) atoms. The Morgan fingerprint density at radius 1 is 1.44 bits per heavy atom. The fraction of sp³-hybridized carbons (Fsp3) is 0.182. The molecule has 0 saturated carbocycles. The van der Waals surface area contributed by atoms with Crippen LogP contribution in [0.3, 0.4) is 0 Å². The van der Waals surface area contributed by atoms with Crippen LogP contribution in [0.4, 0.5) is 0 Å². The second-order valence-electron chi connectivity index (χ2n) is 3.17. The molecule has 0 aliphatic heterocycles. The van der Waals surface area contributed by atoms with Crippen molar-refractivity contribution in [2.24, 2.45) is 0 Å². The molecule has 2 heterocycles. The Hall–Kier alpha value is -1.33. The summed E-state index contributed by atoms with van der Waals surface area (Å²) in [6.45, 7) is 0. The number of aliphatic hydroxyl groups is 1. The van der Waals surface area contributed by atoms with Gasteiger partial charge in [-0.1, -0.05) is 0 Å². The Kier molecular flexibility index (Phi) is 3.26. The molecule has 5 heteroatoms. The minimum Gasteiger partial charge on any atom is -0.481 e. The van der Waals surface area contributed by atoms with Crippen LogP contribution in [-0.4, -0.2) is 17.2 Å². The van der Waals surface area contributed by atoms with Crippen LogP contribution in [0.5, 0.6) is 5.88 Å². The van der Waals surface area contributed by atoms with Gasteiger partial charge in [-0.05, 0) is 28.1 Å². The lowest BCUT2D eigenvalue weighted by molar-refractivity contribution is 0.187. The Bertz CT molecular complexity index is 466. The monoisotopic (exact) mass is 283 g/mol. The van der Waals surface area contributed by atoms with E-state index in [1.54, 1.807) is 31.5 Å². The van der Waals surface area contributed by atoms with Gasteiger partial charge in [0.2, 0.25) is 5.88 Å². The molecular weight excluding hydrogens is 274 g/mol. The van der Waals surface area contributed by atoms with E-state index in [1.165, 1.54) is 6.26 Å². The second-order valence-corrected chi connectivity index (χ2v) is 4.02. The molecule has 1 atom stereocenters. The van der Waals surface area contributed by atoms with Crippen LogP contribution in [0, 0.1) is 0 Å². The van der Waals surface area contributed by atoms with Gasteiger partial charge >= 0.3 is 0 Å². The highest BCUT2D eigenvalue weighted by Crippen LogP contribution is 2.29.